The Morgan fingerprint density at radius 1 is 1.23 bits per heavy atom. The van der Waals surface area contributed by atoms with Gasteiger partial charge in [-0.3, -0.25) is 0 Å². The Morgan fingerprint density at radius 3 is 2.58 bits per heavy atom. The molecule has 0 spiro atoms. The molecule has 0 atom stereocenters. The van der Waals surface area contributed by atoms with Crippen LogP contribution in [0.2, 0.25) is 0 Å². The van der Waals surface area contributed by atoms with Crippen molar-refractivity contribution in [2.45, 2.75) is 54.7 Å². The number of carbonyl (C=O) groups is 1. The molecule has 0 aliphatic carbocycles. The van der Waals surface area contributed by atoms with Crippen molar-refractivity contribution in [3.05, 3.63) is 52.1 Å². The zero-order valence-corrected chi connectivity index (χ0v) is 18.6. The molecule has 3 rings (SSSR count). The number of nitriles is 1. The molecule has 31 heavy (non-hydrogen) atoms. The Bertz CT molecular complexity index is 1170. The molecule has 0 unspecified atom stereocenters. The van der Waals surface area contributed by atoms with Crippen molar-refractivity contribution >= 4 is 12.0 Å². The lowest BCUT2D eigenvalue weighted by atomic mass is 10.1. The second-order valence-electron chi connectivity index (χ2n) is 7.90. The van der Waals surface area contributed by atoms with Crippen LogP contribution in [0.1, 0.15) is 48.2 Å². The molecular formula is C23H26N4O4. The number of hydrogen-bond donors (Lipinski definition) is 0. The molecule has 0 aliphatic heterocycles. The lowest BCUT2D eigenvalue weighted by Gasteiger charge is -2.12. The summed E-state index contributed by atoms with van der Waals surface area (Å²) >= 11 is 0. The molecule has 0 aromatic carbocycles. The van der Waals surface area contributed by atoms with Gasteiger partial charge in [0.2, 0.25) is 0 Å². The average molecular weight is 422 g/mol. The van der Waals surface area contributed by atoms with Crippen LogP contribution >= 0.6 is 0 Å². The van der Waals surface area contributed by atoms with E-state index in [-0.39, 0.29) is 24.0 Å². The van der Waals surface area contributed by atoms with E-state index in [4.69, 9.17) is 13.6 Å². The Labute approximate surface area is 181 Å². The minimum absolute atomic E-state index is 0.0918. The standard InChI is InChI=1S/C23H26N4O4/c1-13(2)11-27-14(3)7-18(16(27)5)9-19(10-24)23(28)29-12-21-25-26-22(31-21)20-8-15(4)30-17(20)6/h7-9,13H,11-12H2,1-6H3/b19-9+. The van der Waals surface area contributed by atoms with Crippen LogP contribution < -0.4 is 0 Å². The Morgan fingerprint density at radius 2 is 1.97 bits per heavy atom. The highest BCUT2D eigenvalue weighted by Crippen LogP contribution is 2.25. The number of ether oxygens (including phenoxy) is 1. The third kappa shape index (κ3) is 4.94. The summed E-state index contributed by atoms with van der Waals surface area (Å²) in [5.74, 6) is 1.55. The van der Waals surface area contributed by atoms with Gasteiger partial charge in [0.25, 0.3) is 11.8 Å². The molecule has 0 radical (unpaired) electrons. The van der Waals surface area contributed by atoms with Gasteiger partial charge in [-0.1, -0.05) is 13.8 Å². The highest BCUT2D eigenvalue weighted by atomic mass is 16.5. The van der Waals surface area contributed by atoms with Crippen LogP contribution in [0.3, 0.4) is 0 Å². The van der Waals surface area contributed by atoms with Crippen molar-refractivity contribution in [3.8, 4) is 17.5 Å². The predicted octanol–water partition coefficient (Wildman–Crippen LogP) is 4.67. The van der Waals surface area contributed by atoms with Crippen molar-refractivity contribution in [1.29, 1.82) is 5.26 Å². The number of esters is 1. The fourth-order valence-corrected chi connectivity index (χ4v) is 3.38. The topological polar surface area (TPSA) is 107 Å². The highest BCUT2D eigenvalue weighted by Gasteiger charge is 2.18. The van der Waals surface area contributed by atoms with Crippen molar-refractivity contribution < 1.29 is 18.4 Å². The lowest BCUT2D eigenvalue weighted by Crippen LogP contribution is -2.08. The van der Waals surface area contributed by atoms with E-state index in [2.05, 4.69) is 28.6 Å². The third-order valence-electron chi connectivity index (χ3n) is 4.87. The van der Waals surface area contributed by atoms with Crippen LogP contribution in [0.5, 0.6) is 0 Å². The molecule has 0 saturated carbocycles. The van der Waals surface area contributed by atoms with Crippen molar-refractivity contribution in [2.75, 3.05) is 0 Å². The van der Waals surface area contributed by atoms with Gasteiger partial charge in [0, 0.05) is 17.9 Å². The van der Waals surface area contributed by atoms with Gasteiger partial charge < -0.3 is 18.1 Å². The smallest absolute Gasteiger partial charge is 0.349 e. The number of aryl methyl sites for hydroxylation is 3. The van der Waals surface area contributed by atoms with E-state index in [1.54, 1.807) is 19.1 Å². The van der Waals surface area contributed by atoms with Crippen LogP contribution in [0.4, 0.5) is 0 Å². The minimum atomic E-state index is -0.744. The number of rotatable bonds is 7. The first kappa shape index (κ1) is 22.1. The average Bonchev–Trinajstić information content (AvgIpc) is 3.38. The number of nitrogens with zero attached hydrogens (tertiary/aromatic N) is 4. The summed E-state index contributed by atoms with van der Waals surface area (Å²) in [7, 11) is 0. The maximum atomic E-state index is 12.4. The highest BCUT2D eigenvalue weighted by molar-refractivity contribution is 5.98. The first-order chi connectivity index (χ1) is 14.7. The van der Waals surface area contributed by atoms with E-state index in [0.717, 1.165) is 29.3 Å². The molecule has 8 heteroatoms. The van der Waals surface area contributed by atoms with Crippen LogP contribution in [-0.4, -0.2) is 20.7 Å². The Kier molecular flexibility index (Phi) is 6.44. The van der Waals surface area contributed by atoms with E-state index in [1.807, 2.05) is 32.9 Å². The van der Waals surface area contributed by atoms with Crippen LogP contribution in [0, 0.1) is 44.9 Å². The first-order valence-electron chi connectivity index (χ1n) is 10.0. The van der Waals surface area contributed by atoms with E-state index < -0.39 is 5.97 Å². The molecule has 3 heterocycles. The Hall–Kier alpha value is -3.60. The largest absolute Gasteiger partial charge is 0.466 e. The second-order valence-corrected chi connectivity index (χ2v) is 7.90. The Balaban J connectivity index is 1.71. The summed E-state index contributed by atoms with van der Waals surface area (Å²) < 4.78 is 18.4. The molecule has 0 saturated heterocycles. The summed E-state index contributed by atoms with van der Waals surface area (Å²) in [6, 6.07) is 5.68. The zero-order chi connectivity index (χ0) is 22.7. The maximum absolute atomic E-state index is 12.4. The van der Waals surface area contributed by atoms with Crippen molar-refractivity contribution in [2.24, 2.45) is 5.92 Å². The van der Waals surface area contributed by atoms with Gasteiger partial charge in [-0.15, -0.1) is 10.2 Å². The number of hydrogen-bond acceptors (Lipinski definition) is 7. The SMILES string of the molecule is Cc1cc(-c2nnc(COC(=O)/C(C#N)=C/c3cc(C)n(CC(C)C)c3C)o2)c(C)o1. The molecule has 3 aromatic rings. The van der Waals surface area contributed by atoms with Crippen molar-refractivity contribution in [3.63, 3.8) is 0 Å². The van der Waals surface area contributed by atoms with E-state index in [9.17, 15) is 10.1 Å². The van der Waals surface area contributed by atoms with Crippen LogP contribution in [0.15, 0.2) is 26.5 Å². The van der Waals surface area contributed by atoms with E-state index in [1.165, 1.54) is 0 Å². The van der Waals surface area contributed by atoms with Crippen molar-refractivity contribution in [1.82, 2.24) is 14.8 Å². The molecule has 3 aromatic heterocycles. The quantitative estimate of drug-likeness (QED) is 0.309. The summed E-state index contributed by atoms with van der Waals surface area (Å²) in [4.78, 5) is 12.4. The lowest BCUT2D eigenvalue weighted by molar-refractivity contribution is -0.140. The van der Waals surface area contributed by atoms with Gasteiger partial charge in [-0.25, -0.2) is 4.79 Å². The first-order valence-corrected chi connectivity index (χ1v) is 10.0. The minimum Gasteiger partial charge on any atom is -0.466 e. The van der Waals surface area contributed by atoms with Gasteiger partial charge in [0.1, 0.15) is 23.2 Å². The zero-order valence-electron chi connectivity index (χ0n) is 18.6. The van der Waals surface area contributed by atoms with Gasteiger partial charge >= 0.3 is 5.97 Å². The monoisotopic (exact) mass is 422 g/mol. The number of carbonyl (C=O) groups excluding carboxylic acids is 1. The summed E-state index contributed by atoms with van der Waals surface area (Å²) in [5.41, 5.74) is 3.49. The maximum Gasteiger partial charge on any atom is 0.349 e. The van der Waals surface area contributed by atoms with E-state index >= 15 is 0 Å². The summed E-state index contributed by atoms with van der Waals surface area (Å²) in [6.45, 7) is 12.5. The number of aromatic nitrogens is 3. The third-order valence-corrected chi connectivity index (χ3v) is 4.87. The van der Waals surface area contributed by atoms with Gasteiger partial charge in [0.05, 0.1) is 5.56 Å². The predicted molar refractivity (Wildman–Crippen MR) is 114 cm³/mol. The van der Waals surface area contributed by atoms with Gasteiger partial charge in [-0.2, -0.15) is 5.26 Å². The molecule has 0 N–H and O–H groups in total. The molecule has 0 aliphatic rings. The fraction of sp³-hybridized carbons (Fsp3) is 0.391. The molecule has 0 fully saturated rings. The normalized spacial score (nSPS) is 11.7. The van der Waals surface area contributed by atoms with Gasteiger partial charge in [0.15, 0.2) is 6.61 Å². The molecule has 0 amide bonds. The summed E-state index contributed by atoms with van der Waals surface area (Å²) in [6.07, 6.45) is 1.55. The molecule has 162 valence electrons. The molecule has 0 bridgehead atoms. The van der Waals surface area contributed by atoms with E-state index in [0.29, 0.717) is 17.2 Å². The van der Waals surface area contributed by atoms with Crippen LogP contribution in [-0.2, 0) is 22.7 Å². The summed E-state index contributed by atoms with van der Waals surface area (Å²) in [5, 5.41) is 17.3. The van der Waals surface area contributed by atoms with Crippen LogP contribution in [0.25, 0.3) is 17.5 Å². The second kappa shape index (κ2) is 9.04. The number of furan rings is 1. The fourth-order valence-electron chi connectivity index (χ4n) is 3.38. The molecule has 8 nitrogen and oxygen atoms in total. The van der Waals surface area contributed by atoms with Gasteiger partial charge in [-0.05, 0) is 57.4 Å². The molecular weight excluding hydrogens is 396 g/mol.